The van der Waals surface area contributed by atoms with Crippen molar-refractivity contribution in [3.8, 4) is 11.5 Å². The molecule has 0 radical (unpaired) electrons. The zero-order valence-electron chi connectivity index (χ0n) is 29.2. The van der Waals surface area contributed by atoms with Crippen molar-refractivity contribution < 1.29 is 28.8 Å². The van der Waals surface area contributed by atoms with E-state index in [-0.39, 0.29) is 23.8 Å². The summed E-state index contributed by atoms with van der Waals surface area (Å²) in [5.74, 6) is 1.32. The van der Waals surface area contributed by atoms with Crippen molar-refractivity contribution in [2.24, 2.45) is 0 Å². The van der Waals surface area contributed by atoms with Gasteiger partial charge in [0.25, 0.3) is 0 Å². The lowest BCUT2D eigenvalue weighted by Gasteiger charge is -2.34. The van der Waals surface area contributed by atoms with E-state index in [2.05, 4.69) is 10.3 Å². The summed E-state index contributed by atoms with van der Waals surface area (Å²) in [7, 11) is 1.62. The van der Waals surface area contributed by atoms with Crippen LogP contribution in [-0.2, 0) is 22.6 Å². The van der Waals surface area contributed by atoms with Crippen molar-refractivity contribution in [1.29, 1.82) is 0 Å². The molecule has 10 nitrogen and oxygen atoms in total. The Morgan fingerprint density at radius 3 is 2.37 bits per heavy atom. The number of hydrogen-bond donors (Lipinski definition) is 3. The Bertz CT molecular complexity index is 1640. The number of carbonyl (C=O) groups is 1. The van der Waals surface area contributed by atoms with E-state index in [9.17, 15) is 14.7 Å². The van der Waals surface area contributed by atoms with Gasteiger partial charge in [0, 0.05) is 36.7 Å². The van der Waals surface area contributed by atoms with Crippen molar-refractivity contribution in [3.05, 3.63) is 106 Å². The maximum Gasteiger partial charge on any atom is 0.410 e. The lowest BCUT2D eigenvalue weighted by Crippen LogP contribution is -2.45. The average Bonchev–Trinajstić information content (AvgIpc) is 3.09. The molecular formula is C39H51N3O7. The molecule has 0 aliphatic rings. The molecule has 0 saturated carbocycles. The summed E-state index contributed by atoms with van der Waals surface area (Å²) in [6, 6.07) is 24.3. The first-order valence-electron chi connectivity index (χ1n) is 17.0. The molecule has 1 unspecified atom stereocenters. The van der Waals surface area contributed by atoms with Gasteiger partial charge in [-0.25, -0.2) is 4.79 Å². The first-order chi connectivity index (χ1) is 23.7. The van der Waals surface area contributed by atoms with Gasteiger partial charge < -0.3 is 34.4 Å². The van der Waals surface area contributed by atoms with Gasteiger partial charge in [-0.05, 0) is 81.1 Å². The number of H-pyrrole nitrogens is 1. The van der Waals surface area contributed by atoms with Crippen LogP contribution in [-0.4, -0.2) is 66.6 Å². The average molecular weight is 674 g/mol. The number of benzene rings is 3. The number of aliphatic hydroxyl groups is 1. The van der Waals surface area contributed by atoms with Gasteiger partial charge in [-0.3, -0.25) is 9.69 Å². The molecule has 0 spiro atoms. The summed E-state index contributed by atoms with van der Waals surface area (Å²) in [5.41, 5.74) is 2.71. The number of ether oxygens (including phenoxy) is 4. The standard InChI is InChI=1S/C39H51N3O7/c1-39(2,3)42(27-29-12-8-7-9-13-29)38(45)48-25-24-47-23-11-6-5-10-22-40-26-34(43)32-18-20-35(37-33(32)19-21-36(44)41-37)49-28-30-14-16-31(46-4)17-15-30/h7-9,12-21,34,40,43H,5-6,10-11,22-28H2,1-4H3,(H,41,44). The van der Waals surface area contributed by atoms with Crippen LogP contribution < -0.4 is 20.3 Å². The lowest BCUT2D eigenvalue weighted by molar-refractivity contribution is 0.0343. The van der Waals surface area contributed by atoms with Crippen LogP contribution in [0.25, 0.3) is 10.9 Å². The smallest absolute Gasteiger partial charge is 0.410 e. The number of rotatable bonds is 19. The van der Waals surface area contributed by atoms with Crippen LogP contribution in [0.1, 0.15) is 69.2 Å². The third kappa shape index (κ3) is 11.9. The number of hydrogen-bond acceptors (Lipinski definition) is 8. The molecule has 1 aromatic heterocycles. The molecule has 4 aromatic rings. The summed E-state index contributed by atoms with van der Waals surface area (Å²) >= 11 is 0. The highest BCUT2D eigenvalue weighted by Gasteiger charge is 2.27. The summed E-state index contributed by atoms with van der Waals surface area (Å²) < 4.78 is 22.5. The Morgan fingerprint density at radius 1 is 0.878 bits per heavy atom. The quantitative estimate of drug-likeness (QED) is 0.0935. The van der Waals surface area contributed by atoms with Crippen LogP contribution in [0.15, 0.2) is 83.7 Å². The van der Waals surface area contributed by atoms with Crippen molar-refractivity contribution in [2.45, 2.75) is 71.2 Å². The van der Waals surface area contributed by atoms with Crippen LogP contribution in [0, 0.1) is 0 Å². The molecule has 1 amide bonds. The van der Waals surface area contributed by atoms with Gasteiger partial charge in [0.05, 0.1) is 25.3 Å². The molecule has 1 heterocycles. The fourth-order valence-corrected chi connectivity index (χ4v) is 5.41. The van der Waals surface area contributed by atoms with Crippen molar-refractivity contribution >= 4 is 17.0 Å². The third-order valence-corrected chi connectivity index (χ3v) is 8.20. The second-order valence-corrected chi connectivity index (χ2v) is 13.0. The molecule has 0 saturated heterocycles. The summed E-state index contributed by atoms with van der Waals surface area (Å²) in [5, 5.41) is 15.1. The minimum atomic E-state index is -0.750. The topological polar surface area (TPSA) is 122 Å². The highest BCUT2D eigenvalue weighted by atomic mass is 16.6. The van der Waals surface area contributed by atoms with Crippen molar-refractivity contribution in [1.82, 2.24) is 15.2 Å². The van der Waals surface area contributed by atoms with Crippen LogP contribution in [0.4, 0.5) is 4.79 Å². The highest BCUT2D eigenvalue weighted by molar-refractivity contribution is 5.87. The number of fused-ring (bicyclic) bond motifs is 1. The minimum absolute atomic E-state index is 0.220. The van der Waals surface area contributed by atoms with E-state index < -0.39 is 6.10 Å². The summed E-state index contributed by atoms with van der Waals surface area (Å²) in [6.07, 6.45) is 2.87. The molecule has 0 fully saturated rings. The highest BCUT2D eigenvalue weighted by Crippen LogP contribution is 2.30. The van der Waals surface area contributed by atoms with E-state index in [1.807, 2.05) is 81.4 Å². The summed E-state index contributed by atoms with van der Waals surface area (Å²) in [4.78, 5) is 29.5. The molecule has 4 rings (SSSR count). The number of nitrogens with zero attached hydrogens (tertiary/aromatic N) is 1. The van der Waals surface area contributed by atoms with E-state index in [4.69, 9.17) is 18.9 Å². The molecule has 0 bridgehead atoms. The van der Waals surface area contributed by atoms with E-state index in [0.29, 0.717) is 44.2 Å². The molecular weight excluding hydrogens is 622 g/mol. The molecule has 3 aromatic carbocycles. The molecule has 0 aliphatic heterocycles. The predicted octanol–water partition coefficient (Wildman–Crippen LogP) is 6.75. The predicted molar refractivity (Wildman–Crippen MR) is 192 cm³/mol. The second-order valence-electron chi connectivity index (χ2n) is 13.0. The number of pyridine rings is 1. The zero-order valence-corrected chi connectivity index (χ0v) is 29.2. The van der Waals surface area contributed by atoms with Crippen molar-refractivity contribution in [3.63, 3.8) is 0 Å². The van der Waals surface area contributed by atoms with Crippen LogP contribution in [0.5, 0.6) is 11.5 Å². The molecule has 49 heavy (non-hydrogen) atoms. The minimum Gasteiger partial charge on any atom is -0.497 e. The van der Waals surface area contributed by atoms with E-state index in [1.165, 1.54) is 6.07 Å². The van der Waals surface area contributed by atoms with Gasteiger partial charge in [0.15, 0.2) is 0 Å². The number of methoxy groups -OCH3 is 1. The molecule has 0 aliphatic carbocycles. The Balaban J connectivity index is 1.10. The van der Waals surface area contributed by atoms with Crippen LogP contribution in [0.2, 0.25) is 0 Å². The Kier molecular flexibility index (Phi) is 14.5. The van der Waals surface area contributed by atoms with Crippen LogP contribution >= 0.6 is 0 Å². The Labute approximate surface area is 289 Å². The Hall–Kier alpha value is -4.38. The monoisotopic (exact) mass is 673 g/mol. The number of unbranched alkanes of at least 4 members (excludes halogenated alkanes) is 3. The Morgan fingerprint density at radius 2 is 1.63 bits per heavy atom. The first-order valence-corrected chi connectivity index (χ1v) is 17.0. The number of aromatic amines is 1. The number of aromatic nitrogens is 1. The molecule has 1 atom stereocenters. The number of aliphatic hydroxyl groups excluding tert-OH is 1. The first kappa shape index (κ1) is 37.4. The van der Waals surface area contributed by atoms with Gasteiger partial charge in [-0.15, -0.1) is 0 Å². The third-order valence-electron chi connectivity index (χ3n) is 8.20. The van der Waals surface area contributed by atoms with Gasteiger partial charge in [-0.2, -0.15) is 0 Å². The molecule has 264 valence electrons. The van der Waals surface area contributed by atoms with E-state index in [0.717, 1.165) is 60.1 Å². The SMILES string of the molecule is COc1ccc(COc2ccc(C(O)CNCCCCCCOCCOC(=O)N(Cc3ccccc3)C(C)(C)C)c3ccc(=O)[nH]c23)cc1. The fourth-order valence-electron chi connectivity index (χ4n) is 5.41. The molecule has 10 heteroatoms. The number of nitrogens with one attached hydrogen (secondary N) is 2. The van der Waals surface area contributed by atoms with Crippen LogP contribution in [0.3, 0.4) is 0 Å². The normalized spacial score (nSPS) is 12.1. The van der Waals surface area contributed by atoms with Gasteiger partial charge in [-0.1, -0.05) is 61.4 Å². The largest absolute Gasteiger partial charge is 0.497 e. The zero-order chi connectivity index (χ0) is 35.1. The summed E-state index contributed by atoms with van der Waals surface area (Å²) in [6.45, 7) is 9.18. The van der Waals surface area contributed by atoms with E-state index >= 15 is 0 Å². The molecule has 3 N–H and O–H groups in total. The fraction of sp³-hybridized carbons (Fsp3) is 0.436. The number of carbonyl (C=O) groups excluding carboxylic acids is 1. The maximum absolute atomic E-state index is 12.8. The van der Waals surface area contributed by atoms with Gasteiger partial charge >= 0.3 is 6.09 Å². The van der Waals surface area contributed by atoms with E-state index in [1.54, 1.807) is 24.1 Å². The van der Waals surface area contributed by atoms with Gasteiger partial charge in [0.1, 0.15) is 24.7 Å². The van der Waals surface area contributed by atoms with Crippen molar-refractivity contribution in [2.75, 3.05) is 40.0 Å². The maximum atomic E-state index is 12.8. The van der Waals surface area contributed by atoms with Gasteiger partial charge in [0.2, 0.25) is 5.56 Å². The lowest BCUT2D eigenvalue weighted by atomic mass is 10.0. The number of amides is 1. The second kappa shape index (κ2) is 19.0.